The van der Waals surface area contributed by atoms with Gasteiger partial charge in [0.15, 0.2) is 6.10 Å². The first-order chi connectivity index (χ1) is 14.7. The first-order valence-corrected chi connectivity index (χ1v) is 9.40. The van der Waals surface area contributed by atoms with Gasteiger partial charge in [-0.15, -0.1) is 0 Å². The van der Waals surface area contributed by atoms with Crippen LogP contribution in [0.4, 0.5) is 4.79 Å². The number of nitrogens with zero attached hydrogens (tertiary/aromatic N) is 1. The molecule has 4 rings (SSSR count). The highest BCUT2D eigenvalue weighted by molar-refractivity contribution is 5.71. The highest BCUT2D eigenvalue weighted by Crippen LogP contribution is 2.37. The molecule has 0 aromatic heterocycles. The second kappa shape index (κ2) is 8.43. The first kappa shape index (κ1) is 19.1. The molecule has 0 aliphatic carbocycles. The van der Waals surface area contributed by atoms with Crippen LogP contribution in [0.1, 0.15) is 40.0 Å². The van der Waals surface area contributed by atoms with Gasteiger partial charge in [0.25, 0.3) is 0 Å². The molecular weight excluding hydrogens is 376 g/mol. The molecule has 1 aliphatic rings. The summed E-state index contributed by atoms with van der Waals surface area (Å²) in [5, 5.41) is 12.1. The molecule has 1 fully saturated rings. The van der Waals surface area contributed by atoms with E-state index in [-0.39, 0.29) is 6.04 Å². The van der Waals surface area contributed by atoms with Crippen molar-refractivity contribution in [1.29, 1.82) is 5.26 Å². The molecule has 1 aliphatic heterocycles. The first-order valence-electron chi connectivity index (χ1n) is 9.40. The molecule has 0 unspecified atom stereocenters. The summed E-state index contributed by atoms with van der Waals surface area (Å²) < 4.78 is 10.8. The fourth-order valence-corrected chi connectivity index (χ4v) is 3.40. The number of carbonyl (C=O) groups is 1. The summed E-state index contributed by atoms with van der Waals surface area (Å²) in [5.41, 5.74) is 3.73. The van der Waals surface area contributed by atoms with E-state index in [2.05, 4.69) is 23.2 Å². The van der Waals surface area contributed by atoms with Crippen LogP contribution < -0.4 is 10.1 Å². The maximum Gasteiger partial charge on any atom is 0.408 e. The van der Waals surface area contributed by atoms with Gasteiger partial charge in [-0.25, -0.2) is 4.79 Å². The fraction of sp³-hybridized carbons (Fsp3) is 0.120. The second-order valence-electron chi connectivity index (χ2n) is 6.76. The minimum absolute atomic E-state index is 0.349. The van der Waals surface area contributed by atoms with E-state index in [0.717, 1.165) is 16.7 Å². The zero-order valence-electron chi connectivity index (χ0n) is 16.3. The molecule has 1 amide bonds. The minimum Gasteiger partial charge on any atom is -0.497 e. The quantitative estimate of drug-likeness (QED) is 0.665. The van der Waals surface area contributed by atoms with Crippen LogP contribution in [0.15, 0.2) is 72.8 Å². The molecular formula is C25H18N2O3. The van der Waals surface area contributed by atoms with Crippen molar-refractivity contribution >= 4 is 6.09 Å². The average Bonchev–Trinajstić information content (AvgIpc) is 3.20. The minimum atomic E-state index is -0.477. The van der Waals surface area contributed by atoms with Crippen molar-refractivity contribution in [3.8, 4) is 23.7 Å². The summed E-state index contributed by atoms with van der Waals surface area (Å²) in [7, 11) is 1.60. The lowest BCUT2D eigenvalue weighted by Crippen LogP contribution is -2.19. The number of cyclic esters (lactones) is 1. The Morgan fingerprint density at radius 2 is 1.70 bits per heavy atom. The maximum absolute atomic E-state index is 12.0. The topological polar surface area (TPSA) is 71.3 Å². The van der Waals surface area contributed by atoms with Crippen molar-refractivity contribution < 1.29 is 14.3 Å². The molecule has 3 aromatic rings. The Morgan fingerprint density at radius 3 is 2.50 bits per heavy atom. The van der Waals surface area contributed by atoms with Gasteiger partial charge in [-0.2, -0.15) is 5.26 Å². The summed E-state index contributed by atoms with van der Waals surface area (Å²) in [6.07, 6.45) is -0.942. The highest BCUT2D eigenvalue weighted by atomic mass is 16.6. The average molecular weight is 394 g/mol. The molecule has 2 atom stereocenters. The number of nitriles is 1. The second-order valence-corrected chi connectivity index (χ2v) is 6.76. The van der Waals surface area contributed by atoms with E-state index in [4.69, 9.17) is 9.47 Å². The van der Waals surface area contributed by atoms with Crippen LogP contribution >= 0.6 is 0 Å². The Hall–Kier alpha value is -4.22. The third-order valence-electron chi connectivity index (χ3n) is 4.87. The van der Waals surface area contributed by atoms with Gasteiger partial charge in [0, 0.05) is 11.1 Å². The molecule has 0 saturated carbocycles. The standard InChI is InChI=1S/C25H18N2O3/c1-29-22-11-5-10-20(15-22)24-23(27-25(28)30-24)19-9-4-6-17(14-19)12-13-18-7-2-3-8-21(18)16-26/h2-11,14-15,23-24H,1H3,(H,27,28)/t23-,24-/m1/s1. The Morgan fingerprint density at radius 1 is 0.933 bits per heavy atom. The van der Waals surface area contributed by atoms with Crippen LogP contribution in [0.3, 0.4) is 0 Å². The summed E-state index contributed by atoms with van der Waals surface area (Å²) in [6, 6.07) is 24.1. The van der Waals surface area contributed by atoms with Crippen molar-refractivity contribution in [1.82, 2.24) is 5.32 Å². The van der Waals surface area contributed by atoms with Crippen LogP contribution in [0.5, 0.6) is 5.75 Å². The number of nitrogens with one attached hydrogen (secondary N) is 1. The monoisotopic (exact) mass is 394 g/mol. The fourth-order valence-electron chi connectivity index (χ4n) is 3.40. The molecule has 146 valence electrons. The number of hydrogen-bond acceptors (Lipinski definition) is 4. The summed E-state index contributed by atoms with van der Waals surface area (Å²) in [5.74, 6) is 6.87. The molecule has 0 bridgehead atoms. The van der Waals surface area contributed by atoms with Crippen molar-refractivity contribution in [3.05, 3.63) is 101 Å². The van der Waals surface area contributed by atoms with Gasteiger partial charge < -0.3 is 14.8 Å². The molecule has 1 N–H and O–H groups in total. The van der Waals surface area contributed by atoms with Gasteiger partial charge in [0.1, 0.15) is 11.8 Å². The van der Waals surface area contributed by atoms with Gasteiger partial charge in [-0.1, -0.05) is 48.2 Å². The molecule has 30 heavy (non-hydrogen) atoms. The molecule has 3 aromatic carbocycles. The maximum atomic E-state index is 12.0. The molecule has 5 nitrogen and oxygen atoms in total. The molecule has 0 spiro atoms. The van der Waals surface area contributed by atoms with Crippen LogP contribution in [0, 0.1) is 23.2 Å². The van der Waals surface area contributed by atoms with E-state index in [1.807, 2.05) is 66.7 Å². The highest BCUT2D eigenvalue weighted by Gasteiger charge is 2.36. The number of benzene rings is 3. The van der Waals surface area contributed by atoms with Gasteiger partial charge in [-0.05, 0) is 47.5 Å². The normalized spacial score (nSPS) is 17.1. The van der Waals surface area contributed by atoms with E-state index in [0.29, 0.717) is 16.9 Å². The third kappa shape index (κ3) is 3.97. The van der Waals surface area contributed by atoms with E-state index in [1.165, 1.54) is 0 Å². The van der Waals surface area contributed by atoms with E-state index < -0.39 is 12.2 Å². The number of carbonyl (C=O) groups excluding carboxylic acids is 1. The van der Waals surface area contributed by atoms with E-state index >= 15 is 0 Å². The molecule has 1 heterocycles. The van der Waals surface area contributed by atoms with Gasteiger partial charge in [-0.3, -0.25) is 0 Å². The third-order valence-corrected chi connectivity index (χ3v) is 4.87. The van der Waals surface area contributed by atoms with Crippen LogP contribution in [0.25, 0.3) is 0 Å². The Labute approximate surface area is 174 Å². The van der Waals surface area contributed by atoms with Crippen molar-refractivity contribution in [2.75, 3.05) is 7.11 Å². The zero-order valence-corrected chi connectivity index (χ0v) is 16.3. The summed E-state index contributed by atoms with van der Waals surface area (Å²) in [4.78, 5) is 12.0. The predicted octanol–water partition coefficient (Wildman–Crippen LogP) is 4.49. The number of methoxy groups -OCH3 is 1. The molecule has 0 radical (unpaired) electrons. The van der Waals surface area contributed by atoms with Crippen LogP contribution in [-0.4, -0.2) is 13.2 Å². The van der Waals surface area contributed by atoms with Crippen molar-refractivity contribution in [2.45, 2.75) is 12.1 Å². The Kier molecular flexibility index (Phi) is 5.37. The Bertz CT molecular complexity index is 1200. The lowest BCUT2D eigenvalue weighted by atomic mass is 9.95. The summed E-state index contributed by atoms with van der Waals surface area (Å²) >= 11 is 0. The number of hydrogen-bond donors (Lipinski definition) is 1. The largest absolute Gasteiger partial charge is 0.497 e. The van der Waals surface area contributed by atoms with E-state index in [9.17, 15) is 10.1 Å². The predicted molar refractivity (Wildman–Crippen MR) is 112 cm³/mol. The number of amides is 1. The smallest absolute Gasteiger partial charge is 0.408 e. The van der Waals surface area contributed by atoms with Gasteiger partial charge in [0.05, 0.1) is 18.7 Å². The number of ether oxygens (including phenoxy) is 2. The van der Waals surface area contributed by atoms with Gasteiger partial charge >= 0.3 is 6.09 Å². The van der Waals surface area contributed by atoms with Gasteiger partial charge in [0.2, 0.25) is 0 Å². The van der Waals surface area contributed by atoms with Crippen molar-refractivity contribution in [2.24, 2.45) is 0 Å². The zero-order chi connectivity index (χ0) is 20.9. The summed E-state index contributed by atoms with van der Waals surface area (Å²) in [6.45, 7) is 0. The number of rotatable bonds is 3. The van der Waals surface area contributed by atoms with Crippen LogP contribution in [-0.2, 0) is 4.74 Å². The molecule has 5 heteroatoms. The number of alkyl carbamates (subject to hydrolysis) is 1. The van der Waals surface area contributed by atoms with Crippen LogP contribution in [0.2, 0.25) is 0 Å². The van der Waals surface area contributed by atoms with Crippen molar-refractivity contribution in [3.63, 3.8) is 0 Å². The van der Waals surface area contributed by atoms with E-state index in [1.54, 1.807) is 13.2 Å². The Balaban J connectivity index is 1.65. The SMILES string of the molecule is COc1cccc([C@H]2OC(=O)N[C@@H]2c2cccc(C#Cc3ccccc3C#N)c2)c1. The lowest BCUT2D eigenvalue weighted by Gasteiger charge is -2.18. The molecule has 1 saturated heterocycles. The lowest BCUT2D eigenvalue weighted by molar-refractivity contribution is 0.132.